The lowest BCUT2D eigenvalue weighted by molar-refractivity contribution is 0.275. The molecule has 1 aromatic heterocycles. The lowest BCUT2D eigenvalue weighted by Crippen LogP contribution is -2.26. The normalized spacial score (nSPS) is 13.2. The summed E-state index contributed by atoms with van der Waals surface area (Å²) in [6, 6.07) is 15.1. The number of nitrogens with zero attached hydrogens (tertiary/aromatic N) is 4. The van der Waals surface area contributed by atoms with Crippen LogP contribution in [0.1, 0.15) is 38.2 Å². The number of fused-ring (bicyclic) bond motifs is 1. The van der Waals surface area contributed by atoms with E-state index in [4.69, 9.17) is 4.74 Å². The van der Waals surface area contributed by atoms with Crippen LogP contribution >= 0.6 is 0 Å². The molecule has 1 atom stereocenters. The van der Waals surface area contributed by atoms with Gasteiger partial charge in [-0.15, -0.1) is 10.2 Å². The highest BCUT2D eigenvalue weighted by molar-refractivity contribution is 5.87. The topological polar surface area (TPSA) is 63.7 Å². The van der Waals surface area contributed by atoms with Crippen molar-refractivity contribution in [2.45, 2.75) is 45.6 Å². The Morgan fingerprint density at radius 1 is 1.11 bits per heavy atom. The molecule has 27 heavy (non-hydrogen) atoms. The minimum atomic E-state index is -0.444. The number of aromatic nitrogens is 3. The first-order valence-corrected chi connectivity index (χ1v) is 9.49. The molecule has 0 fully saturated rings. The molecule has 5 nitrogen and oxygen atoms in total. The second-order valence-electron chi connectivity index (χ2n) is 7.10. The van der Waals surface area contributed by atoms with Crippen LogP contribution in [0.25, 0.3) is 10.8 Å². The predicted octanol–water partition coefficient (Wildman–Crippen LogP) is 4.77. The Labute approximate surface area is 160 Å². The Hall–Kier alpha value is -2.87. The maximum absolute atomic E-state index is 10.1. The van der Waals surface area contributed by atoms with Crippen LogP contribution < -0.4 is 4.74 Å². The molecule has 1 heterocycles. The molecular weight excluding hydrogens is 336 g/mol. The predicted molar refractivity (Wildman–Crippen MR) is 106 cm³/mol. The fourth-order valence-corrected chi connectivity index (χ4v) is 3.73. The molecule has 3 rings (SSSR count). The molecular formula is C22H26N4O. The summed E-state index contributed by atoms with van der Waals surface area (Å²) >= 11 is 0. The number of unbranched alkanes of at least 4 members (excludes halogenated alkanes) is 1. The highest BCUT2D eigenvalue weighted by Crippen LogP contribution is 2.36. The number of rotatable bonds is 9. The first kappa shape index (κ1) is 18.9. The summed E-state index contributed by atoms with van der Waals surface area (Å²) in [5.41, 5.74) is 0.732. The minimum Gasteiger partial charge on any atom is -0.496 e. The number of nitriles is 1. The quantitative estimate of drug-likeness (QED) is 0.550. The largest absolute Gasteiger partial charge is 0.496 e. The van der Waals surface area contributed by atoms with E-state index >= 15 is 0 Å². The van der Waals surface area contributed by atoms with Gasteiger partial charge in [0.2, 0.25) is 0 Å². The summed E-state index contributed by atoms with van der Waals surface area (Å²) in [6.45, 7) is 2.78. The fourth-order valence-electron chi connectivity index (χ4n) is 3.73. The van der Waals surface area contributed by atoms with Gasteiger partial charge < -0.3 is 9.30 Å². The third-order valence-corrected chi connectivity index (χ3v) is 5.27. The fraction of sp³-hybridized carbons (Fsp3) is 0.409. The van der Waals surface area contributed by atoms with Crippen molar-refractivity contribution >= 4 is 10.8 Å². The van der Waals surface area contributed by atoms with Gasteiger partial charge in [-0.05, 0) is 36.1 Å². The zero-order valence-corrected chi connectivity index (χ0v) is 16.1. The van der Waals surface area contributed by atoms with E-state index in [9.17, 15) is 5.26 Å². The van der Waals surface area contributed by atoms with E-state index in [2.05, 4.69) is 47.5 Å². The Morgan fingerprint density at radius 3 is 2.59 bits per heavy atom. The molecule has 2 aromatic carbocycles. The second kappa shape index (κ2) is 8.68. The molecule has 0 N–H and O–H groups in total. The Balaban J connectivity index is 1.91. The van der Waals surface area contributed by atoms with Gasteiger partial charge in [0.25, 0.3) is 0 Å². The number of hydrogen-bond donors (Lipinski definition) is 0. The van der Waals surface area contributed by atoms with E-state index in [1.54, 1.807) is 19.8 Å². The van der Waals surface area contributed by atoms with Gasteiger partial charge in [-0.2, -0.15) is 5.26 Å². The van der Waals surface area contributed by atoms with Crippen molar-refractivity contribution in [1.29, 1.82) is 5.26 Å². The van der Waals surface area contributed by atoms with E-state index in [0.717, 1.165) is 37.9 Å². The van der Waals surface area contributed by atoms with E-state index in [-0.39, 0.29) is 0 Å². The number of benzene rings is 2. The van der Waals surface area contributed by atoms with Crippen molar-refractivity contribution < 1.29 is 4.74 Å². The lowest BCUT2D eigenvalue weighted by atomic mass is 9.78. The monoisotopic (exact) mass is 362 g/mol. The van der Waals surface area contributed by atoms with Gasteiger partial charge in [0.1, 0.15) is 18.4 Å². The zero-order valence-electron chi connectivity index (χ0n) is 16.1. The van der Waals surface area contributed by atoms with Gasteiger partial charge in [0.05, 0.1) is 18.6 Å². The molecule has 1 unspecified atom stereocenters. The summed E-state index contributed by atoms with van der Waals surface area (Å²) in [7, 11) is 1.71. The van der Waals surface area contributed by atoms with Crippen LogP contribution in [0, 0.1) is 16.7 Å². The summed E-state index contributed by atoms with van der Waals surface area (Å²) in [5, 5.41) is 20.3. The molecule has 0 aliphatic rings. The number of hydrogen-bond acceptors (Lipinski definition) is 4. The highest BCUT2D eigenvalue weighted by atomic mass is 16.5. The van der Waals surface area contributed by atoms with E-state index in [1.807, 2.05) is 16.7 Å². The molecule has 0 saturated carbocycles. The smallest absolute Gasteiger partial charge is 0.122 e. The van der Waals surface area contributed by atoms with Crippen LogP contribution in [0.15, 0.2) is 49.1 Å². The maximum Gasteiger partial charge on any atom is 0.122 e. The number of ether oxygens (including phenoxy) is 1. The van der Waals surface area contributed by atoms with Gasteiger partial charge in [-0.3, -0.25) is 0 Å². The highest BCUT2D eigenvalue weighted by Gasteiger charge is 2.30. The molecule has 0 bridgehead atoms. The van der Waals surface area contributed by atoms with Crippen molar-refractivity contribution in [3.05, 3.63) is 54.6 Å². The average Bonchev–Trinajstić information content (AvgIpc) is 3.22. The Bertz CT molecular complexity index is 914. The molecule has 0 aliphatic carbocycles. The van der Waals surface area contributed by atoms with Crippen LogP contribution in [-0.4, -0.2) is 21.9 Å². The Kier molecular flexibility index (Phi) is 6.08. The summed E-state index contributed by atoms with van der Waals surface area (Å²) in [4.78, 5) is 0. The minimum absolute atomic E-state index is 0.444. The molecule has 3 aromatic rings. The third kappa shape index (κ3) is 4.28. The number of aryl methyl sites for hydroxylation is 1. The molecule has 0 spiro atoms. The molecule has 0 amide bonds. The lowest BCUT2D eigenvalue weighted by Gasteiger charge is -2.27. The first-order chi connectivity index (χ1) is 13.2. The van der Waals surface area contributed by atoms with Crippen LogP contribution in [0.5, 0.6) is 5.75 Å². The van der Waals surface area contributed by atoms with E-state index in [1.165, 1.54) is 16.3 Å². The van der Waals surface area contributed by atoms with Gasteiger partial charge >= 0.3 is 0 Å². The van der Waals surface area contributed by atoms with Crippen LogP contribution in [-0.2, 0) is 13.0 Å². The molecule has 0 radical (unpaired) electrons. The average molecular weight is 362 g/mol. The van der Waals surface area contributed by atoms with E-state index in [0.29, 0.717) is 6.54 Å². The summed E-state index contributed by atoms with van der Waals surface area (Å²) in [5.74, 6) is 0.889. The van der Waals surface area contributed by atoms with Crippen LogP contribution in [0.3, 0.4) is 0 Å². The second-order valence-corrected chi connectivity index (χ2v) is 7.10. The zero-order chi connectivity index (χ0) is 19.1. The SMILES string of the molecule is CCCCC(C#N)(CCc1c(OC)ccc2ccccc12)Cn1cnnc1. The summed E-state index contributed by atoms with van der Waals surface area (Å²) in [6.07, 6.45) is 7.92. The van der Waals surface area contributed by atoms with Crippen molar-refractivity contribution in [3.8, 4) is 11.8 Å². The molecule has 0 aliphatic heterocycles. The van der Waals surface area contributed by atoms with Crippen molar-refractivity contribution in [2.24, 2.45) is 5.41 Å². The first-order valence-electron chi connectivity index (χ1n) is 9.49. The van der Waals surface area contributed by atoms with Gasteiger partial charge in [-0.25, -0.2) is 0 Å². The van der Waals surface area contributed by atoms with Crippen molar-refractivity contribution in [3.63, 3.8) is 0 Å². The molecule has 140 valence electrons. The van der Waals surface area contributed by atoms with Crippen LogP contribution in [0.2, 0.25) is 0 Å². The number of methoxy groups -OCH3 is 1. The molecule has 0 saturated heterocycles. The van der Waals surface area contributed by atoms with E-state index < -0.39 is 5.41 Å². The maximum atomic E-state index is 10.1. The Morgan fingerprint density at radius 2 is 1.89 bits per heavy atom. The standard InChI is InChI=1S/C22H26N4O/c1-3-4-12-22(14-23,15-26-16-24-25-17-26)13-11-20-19-8-6-5-7-18(19)9-10-21(20)27-2/h5-10,16-17H,3-4,11-13,15H2,1-2H3. The third-order valence-electron chi connectivity index (χ3n) is 5.27. The van der Waals surface area contributed by atoms with Gasteiger partial charge in [0.15, 0.2) is 0 Å². The van der Waals surface area contributed by atoms with Crippen molar-refractivity contribution in [1.82, 2.24) is 14.8 Å². The van der Waals surface area contributed by atoms with Gasteiger partial charge in [-0.1, -0.05) is 50.1 Å². The summed E-state index contributed by atoms with van der Waals surface area (Å²) < 4.78 is 7.55. The van der Waals surface area contributed by atoms with Gasteiger partial charge in [0, 0.05) is 12.1 Å². The van der Waals surface area contributed by atoms with Crippen LogP contribution in [0.4, 0.5) is 0 Å². The molecule has 5 heteroatoms. The van der Waals surface area contributed by atoms with Crippen molar-refractivity contribution in [2.75, 3.05) is 7.11 Å².